The topological polar surface area (TPSA) is 43.4 Å². The lowest BCUT2D eigenvalue weighted by molar-refractivity contribution is -0.130. The zero-order valence-electron chi connectivity index (χ0n) is 8.50. The van der Waals surface area contributed by atoms with Crippen LogP contribution in [0.5, 0.6) is 5.75 Å². The molecule has 1 radical (unpaired) electrons. The maximum Gasteiger partial charge on any atom is 0.315 e. The van der Waals surface area contributed by atoms with Gasteiger partial charge < -0.3 is 4.74 Å². The van der Waals surface area contributed by atoms with Crippen LogP contribution in [0, 0.1) is 6.42 Å². The third kappa shape index (κ3) is 3.42. The highest BCUT2D eigenvalue weighted by Gasteiger charge is 2.13. The average Bonchev–Trinajstić information content (AvgIpc) is 2.22. The van der Waals surface area contributed by atoms with Crippen molar-refractivity contribution in [3.63, 3.8) is 0 Å². The quantitative estimate of drug-likeness (QED) is 0.475. The summed E-state index contributed by atoms with van der Waals surface area (Å²) in [7, 11) is 0. The normalized spacial score (nSPS) is 9.94. The van der Waals surface area contributed by atoms with Crippen LogP contribution >= 0.6 is 31.9 Å². The third-order valence-electron chi connectivity index (χ3n) is 1.74. The first-order valence-electron chi connectivity index (χ1n) is 4.57. The Morgan fingerprint density at radius 3 is 2.69 bits per heavy atom. The van der Waals surface area contributed by atoms with E-state index in [9.17, 15) is 9.59 Å². The number of halogens is 2. The lowest BCUT2D eigenvalue weighted by Crippen LogP contribution is -2.09. The molecule has 0 unspecified atom stereocenters. The van der Waals surface area contributed by atoms with E-state index < -0.39 is 5.97 Å². The summed E-state index contributed by atoms with van der Waals surface area (Å²) < 4.78 is 6.36. The van der Waals surface area contributed by atoms with Gasteiger partial charge in [0.1, 0.15) is 0 Å². The summed E-state index contributed by atoms with van der Waals surface area (Å²) in [5, 5.41) is 0. The molecule has 1 rings (SSSR count). The van der Waals surface area contributed by atoms with Crippen molar-refractivity contribution in [1.82, 2.24) is 0 Å². The van der Waals surface area contributed by atoms with Crippen molar-refractivity contribution < 1.29 is 14.3 Å². The van der Waals surface area contributed by atoms with Crippen LogP contribution in [0.1, 0.15) is 23.7 Å². The Bertz CT molecular complexity index is 416. The SMILES string of the molecule is CC[CH]C(=O)Oc1c(Br)cc(Br)cc1C=O. The first-order chi connectivity index (χ1) is 7.58. The molecule has 0 saturated heterocycles. The second kappa shape index (κ2) is 6.15. The van der Waals surface area contributed by atoms with Gasteiger partial charge in [-0.2, -0.15) is 0 Å². The molecule has 0 N–H and O–H groups in total. The molecule has 0 aliphatic carbocycles. The highest BCUT2D eigenvalue weighted by Crippen LogP contribution is 2.32. The van der Waals surface area contributed by atoms with Gasteiger partial charge in [-0.05, 0) is 34.5 Å². The molecule has 16 heavy (non-hydrogen) atoms. The molecule has 0 fully saturated rings. The van der Waals surface area contributed by atoms with Crippen molar-refractivity contribution >= 4 is 44.1 Å². The standard InChI is InChI=1S/C11H9Br2O3/c1-2-3-10(15)16-11-7(6-14)4-8(12)5-9(11)13/h3-6H,2H2,1H3. The number of ether oxygens (including phenoxy) is 1. The fourth-order valence-corrected chi connectivity index (χ4v) is 2.42. The van der Waals surface area contributed by atoms with Gasteiger partial charge in [0.25, 0.3) is 0 Å². The van der Waals surface area contributed by atoms with Crippen molar-refractivity contribution in [2.45, 2.75) is 13.3 Å². The number of carbonyl (C=O) groups is 2. The minimum absolute atomic E-state index is 0.243. The lowest BCUT2D eigenvalue weighted by atomic mass is 10.2. The Morgan fingerprint density at radius 1 is 1.44 bits per heavy atom. The van der Waals surface area contributed by atoms with E-state index in [1.54, 1.807) is 12.1 Å². The van der Waals surface area contributed by atoms with Crippen molar-refractivity contribution in [3.05, 3.63) is 33.1 Å². The molecule has 0 aliphatic heterocycles. The van der Waals surface area contributed by atoms with Crippen LogP contribution in [0.3, 0.4) is 0 Å². The van der Waals surface area contributed by atoms with Gasteiger partial charge in [-0.1, -0.05) is 22.9 Å². The second-order valence-corrected chi connectivity index (χ2v) is 4.73. The van der Waals surface area contributed by atoms with Gasteiger partial charge in [-0.15, -0.1) is 0 Å². The predicted octanol–water partition coefficient (Wildman–Crippen LogP) is 3.54. The number of carbonyl (C=O) groups excluding carboxylic acids is 2. The lowest BCUT2D eigenvalue weighted by Gasteiger charge is -2.08. The summed E-state index contributed by atoms with van der Waals surface area (Å²) in [5.41, 5.74) is 0.319. The fraction of sp³-hybridized carbons (Fsp3) is 0.182. The average molecular weight is 349 g/mol. The smallest absolute Gasteiger partial charge is 0.315 e. The van der Waals surface area contributed by atoms with E-state index in [2.05, 4.69) is 31.9 Å². The van der Waals surface area contributed by atoms with Crippen molar-refractivity contribution in [3.8, 4) is 5.75 Å². The number of rotatable bonds is 4. The first-order valence-corrected chi connectivity index (χ1v) is 6.16. The monoisotopic (exact) mass is 347 g/mol. The van der Waals surface area contributed by atoms with Gasteiger partial charge in [0, 0.05) is 4.47 Å². The zero-order valence-corrected chi connectivity index (χ0v) is 11.7. The number of esters is 1. The summed E-state index contributed by atoms with van der Waals surface area (Å²) in [4.78, 5) is 22.1. The van der Waals surface area contributed by atoms with Gasteiger partial charge >= 0.3 is 5.97 Å². The van der Waals surface area contributed by atoms with Crippen LogP contribution in [0.4, 0.5) is 0 Å². The van der Waals surface area contributed by atoms with Crippen LogP contribution in [-0.4, -0.2) is 12.3 Å². The van der Waals surface area contributed by atoms with Crippen molar-refractivity contribution in [2.75, 3.05) is 0 Å². The minimum atomic E-state index is -0.464. The first kappa shape index (κ1) is 13.4. The number of hydrogen-bond donors (Lipinski definition) is 0. The summed E-state index contributed by atoms with van der Waals surface area (Å²) in [5.74, 6) is -0.221. The summed E-state index contributed by atoms with van der Waals surface area (Å²) in [6.45, 7) is 1.83. The Balaban J connectivity index is 3.02. The summed E-state index contributed by atoms with van der Waals surface area (Å²) in [6, 6.07) is 3.30. The fourth-order valence-electron chi connectivity index (χ4n) is 1.08. The van der Waals surface area contributed by atoms with Crippen molar-refractivity contribution in [2.24, 2.45) is 0 Å². The van der Waals surface area contributed by atoms with Crippen LogP contribution in [0.15, 0.2) is 21.1 Å². The van der Waals surface area contributed by atoms with Crippen LogP contribution < -0.4 is 4.74 Å². The highest BCUT2D eigenvalue weighted by molar-refractivity contribution is 9.11. The number of benzene rings is 1. The third-order valence-corrected chi connectivity index (χ3v) is 2.78. The van der Waals surface area contributed by atoms with Gasteiger partial charge in [-0.3, -0.25) is 9.59 Å². The number of hydrogen-bond acceptors (Lipinski definition) is 3. The molecular weight excluding hydrogens is 340 g/mol. The van der Waals surface area contributed by atoms with E-state index in [4.69, 9.17) is 4.74 Å². The maximum atomic E-state index is 11.3. The second-order valence-electron chi connectivity index (χ2n) is 2.96. The molecule has 0 amide bonds. The number of aldehydes is 1. The van der Waals surface area contributed by atoms with E-state index in [1.807, 2.05) is 6.92 Å². The Labute approximate surface area is 110 Å². The molecule has 0 spiro atoms. The Hall–Kier alpha value is -0.680. The van der Waals surface area contributed by atoms with E-state index in [0.29, 0.717) is 22.7 Å². The molecule has 0 atom stereocenters. The van der Waals surface area contributed by atoms with Gasteiger partial charge in [0.05, 0.1) is 16.5 Å². The summed E-state index contributed by atoms with van der Waals surface area (Å²) in [6.07, 6.45) is 2.64. The highest BCUT2D eigenvalue weighted by atomic mass is 79.9. The molecule has 0 aromatic heterocycles. The van der Waals surface area contributed by atoms with Gasteiger partial charge in [-0.25, -0.2) is 0 Å². The van der Waals surface area contributed by atoms with Gasteiger partial charge in [0.2, 0.25) is 0 Å². The molecule has 1 aromatic carbocycles. The largest absolute Gasteiger partial charge is 0.424 e. The maximum absolute atomic E-state index is 11.3. The van der Waals surface area contributed by atoms with E-state index >= 15 is 0 Å². The van der Waals surface area contributed by atoms with E-state index in [1.165, 1.54) is 6.42 Å². The predicted molar refractivity (Wildman–Crippen MR) is 67.5 cm³/mol. The molecule has 0 aliphatic rings. The minimum Gasteiger partial charge on any atom is -0.424 e. The Kier molecular flexibility index (Phi) is 5.15. The van der Waals surface area contributed by atoms with Crippen LogP contribution in [-0.2, 0) is 4.79 Å². The molecule has 0 saturated carbocycles. The molecule has 0 heterocycles. The Morgan fingerprint density at radius 2 is 2.12 bits per heavy atom. The molecule has 85 valence electrons. The molecule has 5 heteroatoms. The van der Waals surface area contributed by atoms with E-state index in [-0.39, 0.29) is 5.75 Å². The van der Waals surface area contributed by atoms with Crippen LogP contribution in [0.25, 0.3) is 0 Å². The van der Waals surface area contributed by atoms with Gasteiger partial charge in [0.15, 0.2) is 12.0 Å². The summed E-state index contributed by atoms with van der Waals surface area (Å²) >= 11 is 6.49. The molecular formula is C11H9Br2O3. The molecule has 3 nitrogen and oxygen atoms in total. The van der Waals surface area contributed by atoms with Crippen molar-refractivity contribution in [1.29, 1.82) is 0 Å². The molecule has 1 aromatic rings. The molecule has 0 bridgehead atoms. The van der Waals surface area contributed by atoms with Crippen LogP contribution in [0.2, 0.25) is 0 Å². The zero-order chi connectivity index (χ0) is 12.1. The van der Waals surface area contributed by atoms with E-state index in [0.717, 1.165) is 4.47 Å².